The van der Waals surface area contributed by atoms with Crippen molar-refractivity contribution in [1.82, 2.24) is 0 Å². The Bertz CT molecular complexity index is 1010. The van der Waals surface area contributed by atoms with Crippen LogP contribution in [-0.4, -0.2) is 74.9 Å². The normalized spacial score (nSPS) is 12.5. The standard InChI is InChI=1S/C38H60N3/c1-39(2,33-36-23-13-10-14-24-36)29-19-6-8-21-31-41(5,35-38-27-17-12-18-28-38)32-22-9-7-20-30-40(3,4)34-37-25-15-11-16-26-37/h10-18,23-28H,6-9,19-22,29-35H2,1-5H3/q+3. The summed E-state index contributed by atoms with van der Waals surface area (Å²) in [5.41, 5.74) is 4.37. The molecule has 3 aromatic carbocycles. The second-order valence-electron chi connectivity index (χ2n) is 14.1. The van der Waals surface area contributed by atoms with Crippen LogP contribution in [0.3, 0.4) is 0 Å². The predicted molar refractivity (Wildman–Crippen MR) is 177 cm³/mol. The lowest BCUT2D eigenvalue weighted by atomic mass is 10.1. The van der Waals surface area contributed by atoms with Gasteiger partial charge < -0.3 is 13.4 Å². The molecule has 0 aromatic heterocycles. The summed E-state index contributed by atoms with van der Waals surface area (Å²) in [6, 6.07) is 33.1. The summed E-state index contributed by atoms with van der Waals surface area (Å²) in [5.74, 6) is 0. The Labute approximate surface area is 253 Å². The number of nitrogens with zero attached hydrogens (tertiary/aromatic N) is 3. The molecule has 0 N–H and O–H groups in total. The Morgan fingerprint density at radius 1 is 0.341 bits per heavy atom. The van der Waals surface area contributed by atoms with Gasteiger partial charge in [0.05, 0.1) is 61.4 Å². The average Bonchev–Trinajstić information content (AvgIpc) is 2.94. The predicted octanol–water partition coefficient (Wildman–Crippen LogP) is 8.31. The number of unbranched alkanes of at least 4 members (excludes halogenated alkanes) is 6. The molecular formula is C38H60N3+3. The maximum Gasteiger partial charge on any atom is 0.104 e. The van der Waals surface area contributed by atoms with Crippen molar-refractivity contribution in [3.63, 3.8) is 0 Å². The summed E-state index contributed by atoms with van der Waals surface area (Å²) in [5, 5.41) is 0. The molecule has 0 unspecified atom stereocenters. The summed E-state index contributed by atoms with van der Waals surface area (Å²) in [4.78, 5) is 0. The molecule has 0 aliphatic heterocycles. The van der Waals surface area contributed by atoms with Crippen LogP contribution in [0, 0.1) is 0 Å². The van der Waals surface area contributed by atoms with E-state index in [1.54, 1.807) is 0 Å². The van der Waals surface area contributed by atoms with Crippen LogP contribution in [0.5, 0.6) is 0 Å². The van der Waals surface area contributed by atoms with E-state index in [-0.39, 0.29) is 0 Å². The minimum Gasteiger partial charge on any atom is -0.325 e. The summed E-state index contributed by atoms with van der Waals surface area (Å²) < 4.78 is 3.33. The molecule has 224 valence electrons. The van der Waals surface area contributed by atoms with Gasteiger partial charge in [-0.05, 0) is 51.4 Å². The second-order valence-corrected chi connectivity index (χ2v) is 14.1. The van der Waals surface area contributed by atoms with E-state index in [1.807, 2.05) is 0 Å². The zero-order valence-corrected chi connectivity index (χ0v) is 27.1. The molecule has 0 fully saturated rings. The topological polar surface area (TPSA) is 0 Å². The molecule has 3 heteroatoms. The molecular weight excluding hydrogens is 498 g/mol. The Hall–Kier alpha value is -2.46. The highest BCUT2D eigenvalue weighted by Crippen LogP contribution is 2.19. The molecule has 0 bridgehead atoms. The van der Waals surface area contributed by atoms with Gasteiger partial charge in [-0.3, -0.25) is 0 Å². The van der Waals surface area contributed by atoms with Crippen molar-refractivity contribution < 1.29 is 13.4 Å². The lowest BCUT2D eigenvalue weighted by molar-refractivity contribution is -0.923. The van der Waals surface area contributed by atoms with Crippen LogP contribution in [0.25, 0.3) is 0 Å². The van der Waals surface area contributed by atoms with Gasteiger partial charge in [0.15, 0.2) is 0 Å². The third-order valence-electron chi connectivity index (χ3n) is 8.74. The minimum atomic E-state index is 1.08. The fraction of sp³-hybridized carbons (Fsp3) is 0.526. The van der Waals surface area contributed by atoms with Crippen molar-refractivity contribution >= 4 is 0 Å². The van der Waals surface area contributed by atoms with Crippen LogP contribution in [0.2, 0.25) is 0 Å². The number of hydrogen-bond donors (Lipinski definition) is 0. The zero-order chi connectivity index (χ0) is 29.4. The third-order valence-corrected chi connectivity index (χ3v) is 8.74. The maximum absolute atomic E-state index is 2.51. The molecule has 0 radical (unpaired) electrons. The van der Waals surface area contributed by atoms with E-state index in [1.165, 1.54) is 98.7 Å². The second kappa shape index (κ2) is 16.9. The molecule has 0 saturated heterocycles. The van der Waals surface area contributed by atoms with Crippen molar-refractivity contribution in [1.29, 1.82) is 0 Å². The van der Waals surface area contributed by atoms with E-state index < -0.39 is 0 Å². The van der Waals surface area contributed by atoms with Crippen LogP contribution >= 0.6 is 0 Å². The van der Waals surface area contributed by atoms with Crippen LogP contribution in [0.4, 0.5) is 0 Å². The maximum atomic E-state index is 2.51. The zero-order valence-electron chi connectivity index (χ0n) is 27.1. The van der Waals surface area contributed by atoms with Gasteiger partial charge in [0.1, 0.15) is 19.6 Å². The van der Waals surface area contributed by atoms with E-state index in [4.69, 9.17) is 0 Å². The Morgan fingerprint density at radius 2 is 0.634 bits per heavy atom. The third kappa shape index (κ3) is 13.8. The fourth-order valence-electron chi connectivity index (χ4n) is 6.38. The highest BCUT2D eigenvalue weighted by atomic mass is 15.3. The van der Waals surface area contributed by atoms with E-state index in [9.17, 15) is 0 Å². The van der Waals surface area contributed by atoms with E-state index in [0.717, 1.165) is 28.6 Å². The SMILES string of the molecule is C[N+](C)(CCCCCC[N+](C)(CCCCCC[N+](C)(C)Cc1ccccc1)Cc1ccccc1)Cc1ccccc1. The first-order valence-electron chi connectivity index (χ1n) is 16.2. The molecule has 3 rings (SSSR count). The van der Waals surface area contributed by atoms with Gasteiger partial charge in [-0.25, -0.2) is 0 Å². The van der Waals surface area contributed by atoms with Crippen molar-refractivity contribution in [2.75, 3.05) is 61.4 Å². The van der Waals surface area contributed by atoms with Gasteiger partial charge in [0.2, 0.25) is 0 Å². The Kier molecular flexibility index (Phi) is 13.6. The van der Waals surface area contributed by atoms with Gasteiger partial charge in [0, 0.05) is 16.7 Å². The molecule has 0 spiro atoms. The molecule has 41 heavy (non-hydrogen) atoms. The molecule has 3 aromatic rings. The van der Waals surface area contributed by atoms with Gasteiger partial charge in [-0.1, -0.05) is 91.0 Å². The van der Waals surface area contributed by atoms with Gasteiger partial charge in [-0.15, -0.1) is 0 Å². The summed E-state index contributed by atoms with van der Waals surface area (Å²) in [7, 11) is 12.0. The molecule has 0 saturated carbocycles. The largest absolute Gasteiger partial charge is 0.325 e. The number of hydrogen-bond acceptors (Lipinski definition) is 0. The average molecular weight is 559 g/mol. The molecule has 3 nitrogen and oxygen atoms in total. The number of benzene rings is 3. The van der Waals surface area contributed by atoms with E-state index >= 15 is 0 Å². The van der Waals surface area contributed by atoms with E-state index in [2.05, 4.69) is 126 Å². The fourth-order valence-corrected chi connectivity index (χ4v) is 6.38. The van der Waals surface area contributed by atoms with Crippen LogP contribution < -0.4 is 0 Å². The summed E-state index contributed by atoms with van der Waals surface area (Å²) in [6.07, 6.45) is 10.7. The van der Waals surface area contributed by atoms with Crippen molar-refractivity contribution in [3.8, 4) is 0 Å². The van der Waals surface area contributed by atoms with Gasteiger partial charge in [0.25, 0.3) is 0 Å². The Morgan fingerprint density at radius 3 is 0.976 bits per heavy atom. The summed E-state index contributed by atoms with van der Waals surface area (Å²) >= 11 is 0. The Balaban J connectivity index is 1.37. The van der Waals surface area contributed by atoms with Crippen molar-refractivity contribution in [2.24, 2.45) is 0 Å². The molecule has 0 amide bonds. The molecule has 0 heterocycles. The quantitative estimate of drug-likeness (QED) is 0.0966. The molecule has 0 aliphatic rings. The van der Waals surface area contributed by atoms with E-state index in [0.29, 0.717) is 0 Å². The smallest absolute Gasteiger partial charge is 0.104 e. The highest BCUT2D eigenvalue weighted by Gasteiger charge is 2.22. The number of quaternary nitrogens is 3. The van der Waals surface area contributed by atoms with Crippen molar-refractivity contribution in [3.05, 3.63) is 108 Å². The monoisotopic (exact) mass is 558 g/mol. The lowest BCUT2D eigenvalue weighted by Gasteiger charge is -2.35. The highest BCUT2D eigenvalue weighted by molar-refractivity contribution is 5.14. The van der Waals surface area contributed by atoms with Crippen LogP contribution in [-0.2, 0) is 19.6 Å². The lowest BCUT2D eigenvalue weighted by Crippen LogP contribution is -2.44. The number of rotatable bonds is 20. The minimum absolute atomic E-state index is 1.08. The first-order valence-corrected chi connectivity index (χ1v) is 16.2. The summed E-state index contributed by atoms with van der Waals surface area (Å²) in [6.45, 7) is 8.49. The molecule has 0 aliphatic carbocycles. The van der Waals surface area contributed by atoms with Crippen LogP contribution in [0.15, 0.2) is 91.0 Å². The van der Waals surface area contributed by atoms with Gasteiger partial charge >= 0.3 is 0 Å². The first-order chi connectivity index (χ1) is 19.6. The first kappa shape index (κ1) is 33.0. The van der Waals surface area contributed by atoms with Crippen LogP contribution in [0.1, 0.15) is 68.1 Å². The van der Waals surface area contributed by atoms with Crippen molar-refractivity contribution in [2.45, 2.75) is 71.0 Å². The van der Waals surface area contributed by atoms with Gasteiger partial charge in [-0.2, -0.15) is 0 Å². The molecule has 0 atom stereocenters.